The molecule has 0 amide bonds. The Labute approximate surface area is 97.8 Å². The van der Waals surface area contributed by atoms with Crippen LogP contribution in [0.5, 0.6) is 0 Å². The van der Waals surface area contributed by atoms with E-state index in [1.807, 2.05) is 24.9 Å². The van der Waals surface area contributed by atoms with Crippen LogP contribution in [0.1, 0.15) is 25.7 Å². The average Bonchev–Trinajstić information content (AvgIpc) is 2.30. The molecule has 0 spiro atoms. The number of hydrogen-bond donors (Lipinski definition) is 1. The molecule has 2 nitrogen and oxygen atoms in total. The molecule has 1 aliphatic rings. The van der Waals surface area contributed by atoms with Gasteiger partial charge in [-0.3, -0.25) is 0 Å². The molecule has 15 heavy (non-hydrogen) atoms. The summed E-state index contributed by atoms with van der Waals surface area (Å²) in [6.07, 6.45) is 7.45. The van der Waals surface area contributed by atoms with Crippen LogP contribution in [0.4, 0.5) is 0 Å². The van der Waals surface area contributed by atoms with Gasteiger partial charge in [-0.1, -0.05) is 6.08 Å². The normalized spacial score (nSPS) is 26.5. The number of nitrogens with one attached hydrogen (secondary N) is 1. The van der Waals surface area contributed by atoms with Crippen LogP contribution in [0.3, 0.4) is 0 Å². The van der Waals surface area contributed by atoms with Gasteiger partial charge in [0.2, 0.25) is 0 Å². The maximum atomic E-state index is 5.35. The first-order chi connectivity index (χ1) is 7.36. The third-order valence-corrected chi connectivity index (χ3v) is 3.89. The maximum Gasteiger partial charge on any atom is 0.0572 e. The van der Waals surface area contributed by atoms with Crippen molar-refractivity contribution in [1.29, 1.82) is 0 Å². The van der Waals surface area contributed by atoms with Gasteiger partial charge in [-0.25, -0.2) is 0 Å². The minimum absolute atomic E-state index is 0.512. The lowest BCUT2D eigenvalue weighted by molar-refractivity contribution is 0.0628. The zero-order valence-electron chi connectivity index (χ0n) is 9.71. The van der Waals surface area contributed by atoms with Crippen molar-refractivity contribution >= 4 is 11.8 Å². The molecule has 88 valence electrons. The van der Waals surface area contributed by atoms with Gasteiger partial charge >= 0.3 is 0 Å². The van der Waals surface area contributed by atoms with Crippen LogP contribution in [0.2, 0.25) is 0 Å². The van der Waals surface area contributed by atoms with Gasteiger partial charge in [0.05, 0.1) is 6.10 Å². The van der Waals surface area contributed by atoms with Gasteiger partial charge in [-0.05, 0) is 25.7 Å². The summed E-state index contributed by atoms with van der Waals surface area (Å²) in [6, 6.07) is 0.723. The zero-order valence-corrected chi connectivity index (χ0v) is 10.5. The summed E-state index contributed by atoms with van der Waals surface area (Å²) in [5, 5.41) is 3.61. The smallest absolute Gasteiger partial charge is 0.0572 e. The highest BCUT2D eigenvalue weighted by Gasteiger charge is 2.19. The van der Waals surface area contributed by atoms with Gasteiger partial charge in [0.1, 0.15) is 0 Å². The molecule has 0 aliphatic heterocycles. The topological polar surface area (TPSA) is 21.3 Å². The van der Waals surface area contributed by atoms with E-state index in [1.54, 1.807) is 0 Å². The third kappa shape index (κ3) is 5.59. The number of thioether (sulfide) groups is 1. The van der Waals surface area contributed by atoms with E-state index in [2.05, 4.69) is 11.9 Å². The van der Waals surface area contributed by atoms with Crippen molar-refractivity contribution in [3.8, 4) is 0 Å². The van der Waals surface area contributed by atoms with Crippen LogP contribution in [0.25, 0.3) is 0 Å². The summed E-state index contributed by atoms with van der Waals surface area (Å²) in [5.74, 6) is 2.26. The van der Waals surface area contributed by atoms with Crippen molar-refractivity contribution in [3.05, 3.63) is 12.7 Å². The Morgan fingerprint density at radius 2 is 2.13 bits per heavy atom. The standard InChI is InChI=1S/C12H23NOS/c1-3-9-15-10-8-13-11-4-6-12(14-2)7-5-11/h3,11-13H,1,4-10H2,2H3. The molecule has 0 aromatic rings. The molecule has 1 rings (SSSR count). The Morgan fingerprint density at radius 1 is 1.40 bits per heavy atom. The molecule has 1 N–H and O–H groups in total. The first kappa shape index (κ1) is 13.1. The second-order valence-electron chi connectivity index (χ2n) is 4.03. The molecule has 1 fully saturated rings. The summed E-state index contributed by atoms with van der Waals surface area (Å²) < 4.78 is 5.35. The molecule has 0 heterocycles. The molecule has 0 bridgehead atoms. The zero-order chi connectivity index (χ0) is 10.9. The Hall–Kier alpha value is 0.01000. The SMILES string of the molecule is C=CCSCCNC1CCC(OC)CC1. The summed E-state index contributed by atoms with van der Waals surface area (Å²) in [6.45, 7) is 4.84. The van der Waals surface area contributed by atoms with Crippen LogP contribution in [-0.4, -0.2) is 37.3 Å². The lowest BCUT2D eigenvalue weighted by atomic mass is 9.93. The summed E-state index contributed by atoms with van der Waals surface area (Å²) in [5.41, 5.74) is 0. The molecular weight excluding hydrogens is 206 g/mol. The Balaban J connectivity index is 1.96. The molecule has 0 saturated heterocycles. The predicted molar refractivity (Wildman–Crippen MR) is 68.6 cm³/mol. The van der Waals surface area contributed by atoms with Gasteiger partial charge in [0, 0.05) is 31.2 Å². The van der Waals surface area contributed by atoms with E-state index < -0.39 is 0 Å². The summed E-state index contributed by atoms with van der Waals surface area (Å²) in [7, 11) is 1.82. The highest BCUT2D eigenvalue weighted by Crippen LogP contribution is 2.20. The molecule has 0 radical (unpaired) electrons. The Kier molecular flexibility index (Phi) is 7.14. The average molecular weight is 229 g/mol. The van der Waals surface area contributed by atoms with E-state index in [9.17, 15) is 0 Å². The quantitative estimate of drug-likeness (QED) is 0.535. The third-order valence-electron chi connectivity index (χ3n) is 2.92. The molecule has 0 unspecified atom stereocenters. The van der Waals surface area contributed by atoms with Crippen LogP contribution in [-0.2, 0) is 4.74 Å². The van der Waals surface area contributed by atoms with Gasteiger partial charge in [0.15, 0.2) is 0 Å². The van der Waals surface area contributed by atoms with Crippen molar-refractivity contribution in [2.24, 2.45) is 0 Å². The highest BCUT2D eigenvalue weighted by molar-refractivity contribution is 7.99. The van der Waals surface area contributed by atoms with Gasteiger partial charge in [-0.2, -0.15) is 11.8 Å². The number of methoxy groups -OCH3 is 1. The van der Waals surface area contributed by atoms with Crippen LogP contribution >= 0.6 is 11.8 Å². The highest BCUT2D eigenvalue weighted by atomic mass is 32.2. The molecule has 1 saturated carbocycles. The molecular formula is C12H23NOS. The van der Waals surface area contributed by atoms with Crippen LogP contribution in [0.15, 0.2) is 12.7 Å². The fourth-order valence-electron chi connectivity index (χ4n) is 2.00. The fourth-order valence-corrected chi connectivity index (χ4v) is 2.60. The van der Waals surface area contributed by atoms with Gasteiger partial charge in [0.25, 0.3) is 0 Å². The Bertz CT molecular complexity index is 167. The maximum absolute atomic E-state index is 5.35. The van der Waals surface area contributed by atoms with E-state index in [0.29, 0.717) is 6.10 Å². The predicted octanol–water partition coefficient (Wildman–Crippen LogP) is 2.45. The minimum atomic E-state index is 0.512. The lowest BCUT2D eigenvalue weighted by Gasteiger charge is -2.28. The van der Waals surface area contributed by atoms with Crippen molar-refractivity contribution in [2.45, 2.75) is 37.8 Å². The van der Waals surface area contributed by atoms with Crippen molar-refractivity contribution in [2.75, 3.05) is 25.2 Å². The van der Waals surface area contributed by atoms with Crippen molar-refractivity contribution in [1.82, 2.24) is 5.32 Å². The van der Waals surface area contributed by atoms with Crippen molar-refractivity contribution in [3.63, 3.8) is 0 Å². The van der Waals surface area contributed by atoms with E-state index in [1.165, 1.54) is 31.4 Å². The van der Waals surface area contributed by atoms with E-state index in [0.717, 1.165) is 18.3 Å². The van der Waals surface area contributed by atoms with Gasteiger partial charge < -0.3 is 10.1 Å². The second kappa shape index (κ2) is 8.20. The first-order valence-corrected chi connectivity index (χ1v) is 6.97. The Morgan fingerprint density at radius 3 is 2.73 bits per heavy atom. The fraction of sp³-hybridized carbons (Fsp3) is 0.833. The van der Waals surface area contributed by atoms with E-state index >= 15 is 0 Å². The van der Waals surface area contributed by atoms with Crippen molar-refractivity contribution < 1.29 is 4.74 Å². The second-order valence-corrected chi connectivity index (χ2v) is 5.18. The first-order valence-electron chi connectivity index (χ1n) is 5.81. The lowest BCUT2D eigenvalue weighted by Crippen LogP contribution is -2.36. The molecule has 0 atom stereocenters. The van der Waals surface area contributed by atoms with E-state index in [-0.39, 0.29) is 0 Å². The van der Waals surface area contributed by atoms with Crippen LogP contribution < -0.4 is 5.32 Å². The molecule has 3 heteroatoms. The van der Waals surface area contributed by atoms with E-state index in [4.69, 9.17) is 4.74 Å². The monoisotopic (exact) mass is 229 g/mol. The van der Waals surface area contributed by atoms with Crippen LogP contribution in [0, 0.1) is 0 Å². The number of ether oxygens (including phenoxy) is 1. The molecule has 0 aromatic heterocycles. The number of rotatable bonds is 7. The minimum Gasteiger partial charge on any atom is -0.381 e. The largest absolute Gasteiger partial charge is 0.381 e. The summed E-state index contributed by atoms with van der Waals surface area (Å²) >= 11 is 1.94. The molecule has 0 aromatic carbocycles. The molecule has 1 aliphatic carbocycles. The number of hydrogen-bond acceptors (Lipinski definition) is 3. The summed E-state index contributed by atoms with van der Waals surface area (Å²) in [4.78, 5) is 0. The van der Waals surface area contributed by atoms with Gasteiger partial charge in [-0.15, -0.1) is 6.58 Å².